The van der Waals surface area contributed by atoms with Gasteiger partial charge in [-0.2, -0.15) is 13.2 Å². The SMILES string of the molecule is N[C@@H](c1c(F)c(F)c(Cl)c(F)c1F)C(F)(F)F. The number of halogens is 8. The summed E-state index contributed by atoms with van der Waals surface area (Å²) in [5.74, 6) is -8.78. The molecule has 0 aliphatic carbocycles. The van der Waals surface area contributed by atoms with E-state index in [2.05, 4.69) is 5.73 Å². The summed E-state index contributed by atoms with van der Waals surface area (Å²) in [4.78, 5) is 0. The zero-order valence-electron chi connectivity index (χ0n) is 7.68. The first-order valence-electron chi connectivity index (χ1n) is 3.92. The van der Waals surface area contributed by atoms with Gasteiger partial charge in [0.2, 0.25) is 0 Å². The molecule has 1 atom stereocenters. The second-order valence-corrected chi connectivity index (χ2v) is 3.38. The highest BCUT2D eigenvalue weighted by Crippen LogP contribution is 2.37. The average molecular weight is 282 g/mol. The first-order chi connectivity index (χ1) is 7.59. The molecular weight excluding hydrogens is 279 g/mol. The van der Waals surface area contributed by atoms with Crippen molar-refractivity contribution in [2.24, 2.45) is 5.73 Å². The van der Waals surface area contributed by atoms with Crippen LogP contribution in [-0.4, -0.2) is 6.18 Å². The summed E-state index contributed by atoms with van der Waals surface area (Å²) in [6, 6.07) is -3.19. The van der Waals surface area contributed by atoms with Crippen molar-refractivity contribution in [3.63, 3.8) is 0 Å². The quantitative estimate of drug-likeness (QED) is 0.476. The normalized spacial score (nSPS) is 13.9. The first-order valence-corrected chi connectivity index (χ1v) is 4.30. The van der Waals surface area contributed by atoms with Crippen molar-refractivity contribution < 1.29 is 30.7 Å². The summed E-state index contributed by atoms with van der Waals surface area (Å²) in [6.07, 6.45) is -5.26. The predicted octanol–water partition coefficient (Wildman–Crippen LogP) is 3.46. The lowest BCUT2D eigenvalue weighted by atomic mass is 10.1. The van der Waals surface area contributed by atoms with Crippen LogP contribution in [0.25, 0.3) is 0 Å². The van der Waals surface area contributed by atoms with E-state index in [0.29, 0.717) is 0 Å². The molecule has 2 N–H and O–H groups in total. The molecule has 0 aromatic heterocycles. The van der Waals surface area contributed by atoms with Crippen LogP contribution in [0.1, 0.15) is 11.6 Å². The Labute approximate surface area is 95.0 Å². The average Bonchev–Trinajstić information content (AvgIpc) is 2.22. The molecule has 1 nitrogen and oxygen atoms in total. The maximum atomic E-state index is 13.0. The molecule has 0 unspecified atom stereocenters. The number of hydrogen-bond donors (Lipinski definition) is 1. The van der Waals surface area contributed by atoms with Gasteiger partial charge >= 0.3 is 6.18 Å². The van der Waals surface area contributed by atoms with Gasteiger partial charge in [0, 0.05) is 0 Å². The molecule has 9 heteroatoms. The lowest BCUT2D eigenvalue weighted by molar-refractivity contribution is -0.150. The highest BCUT2D eigenvalue weighted by molar-refractivity contribution is 6.30. The Hall–Kier alpha value is -1.02. The Balaban J connectivity index is 3.55. The van der Waals surface area contributed by atoms with Gasteiger partial charge < -0.3 is 5.73 Å². The molecule has 0 aliphatic rings. The molecule has 1 aromatic rings. The van der Waals surface area contributed by atoms with E-state index in [1.54, 1.807) is 0 Å². The van der Waals surface area contributed by atoms with E-state index < -0.39 is 46.1 Å². The fraction of sp³-hybridized carbons (Fsp3) is 0.250. The molecule has 0 radical (unpaired) electrons. The molecule has 0 fully saturated rings. The standard InChI is InChI=1S/C8H3ClF7N/c9-2-5(12)3(10)1(4(11)6(2)13)7(17)8(14,15)16/h7H,17H2/t7-/m0/s1. The van der Waals surface area contributed by atoms with Crippen molar-refractivity contribution in [1.82, 2.24) is 0 Å². The number of alkyl halides is 3. The van der Waals surface area contributed by atoms with E-state index in [0.717, 1.165) is 0 Å². The van der Waals surface area contributed by atoms with E-state index in [-0.39, 0.29) is 0 Å². The maximum absolute atomic E-state index is 13.0. The summed E-state index contributed by atoms with van der Waals surface area (Å²) in [5, 5.41) is -1.57. The zero-order valence-corrected chi connectivity index (χ0v) is 8.43. The monoisotopic (exact) mass is 281 g/mol. The van der Waals surface area contributed by atoms with E-state index in [9.17, 15) is 30.7 Å². The van der Waals surface area contributed by atoms with Gasteiger partial charge in [-0.05, 0) is 0 Å². The van der Waals surface area contributed by atoms with Crippen LogP contribution in [0.2, 0.25) is 5.02 Å². The van der Waals surface area contributed by atoms with Crippen LogP contribution < -0.4 is 5.73 Å². The summed E-state index contributed by atoms with van der Waals surface area (Å²) in [5.41, 5.74) is 2.53. The van der Waals surface area contributed by atoms with E-state index in [1.165, 1.54) is 0 Å². The van der Waals surface area contributed by atoms with Crippen LogP contribution in [0.5, 0.6) is 0 Å². The van der Waals surface area contributed by atoms with Gasteiger partial charge in [0.1, 0.15) is 11.1 Å². The number of rotatable bonds is 1. The Morgan fingerprint density at radius 3 is 1.53 bits per heavy atom. The van der Waals surface area contributed by atoms with Crippen LogP contribution in [0.15, 0.2) is 0 Å². The van der Waals surface area contributed by atoms with Crippen molar-refractivity contribution in [1.29, 1.82) is 0 Å². The smallest absolute Gasteiger partial charge is 0.316 e. The Morgan fingerprint density at radius 1 is 0.882 bits per heavy atom. The van der Waals surface area contributed by atoms with Crippen molar-refractivity contribution in [2.75, 3.05) is 0 Å². The molecule has 0 spiro atoms. The van der Waals surface area contributed by atoms with Crippen molar-refractivity contribution in [3.8, 4) is 0 Å². The molecule has 0 amide bonds. The fourth-order valence-corrected chi connectivity index (χ4v) is 1.22. The maximum Gasteiger partial charge on any atom is 0.407 e. The van der Waals surface area contributed by atoms with Gasteiger partial charge in [0.05, 0.1) is 5.56 Å². The van der Waals surface area contributed by atoms with Crippen molar-refractivity contribution >= 4 is 11.6 Å². The molecule has 0 saturated heterocycles. The van der Waals surface area contributed by atoms with E-state index in [4.69, 9.17) is 11.6 Å². The predicted molar refractivity (Wildman–Crippen MR) is 44.3 cm³/mol. The van der Waals surface area contributed by atoms with Crippen LogP contribution in [-0.2, 0) is 0 Å². The van der Waals surface area contributed by atoms with Gasteiger partial charge in [-0.15, -0.1) is 0 Å². The third-order valence-electron chi connectivity index (χ3n) is 1.91. The van der Waals surface area contributed by atoms with Gasteiger partial charge in [-0.1, -0.05) is 11.6 Å². The Morgan fingerprint density at radius 2 is 1.24 bits per heavy atom. The minimum Gasteiger partial charge on any atom is -0.316 e. The van der Waals surface area contributed by atoms with Crippen LogP contribution in [0, 0.1) is 23.3 Å². The van der Waals surface area contributed by atoms with Gasteiger partial charge in [0.15, 0.2) is 23.3 Å². The molecule has 1 aromatic carbocycles. The largest absolute Gasteiger partial charge is 0.407 e. The molecule has 17 heavy (non-hydrogen) atoms. The number of hydrogen-bond acceptors (Lipinski definition) is 1. The molecule has 1 rings (SSSR count). The molecule has 0 saturated carbocycles. The number of benzene rings is 1. The topological polar surface area (TPSA) is 26.0 Å². The van der Waals surface area contributed by atoms with Gasteiger partial charge in [-0.25, -0.2) is 17.6 Å². The molecule has 96 valence electrons. The van der Waals surface area contributed by atoms with Gasteiger partial charge in [0.25, 0.3) is 0 Å². The van der Waals surface area contributed by atoms with Crippen LogP contribution >= 0.6 is 11.6 Å². The lowest BCUT2D eigenvalue weighted by Crippen LogP contribution is -2.31. The lowest BCUT2D eigenvalue weighted by Gasteiger charge is -2.18. The van der Waals surface area contributed by atoms with E-state index >= 15 is 0 Å². The summed E-state index contributed by atoms with van der Waals surface area (Å²) in [7, 11) is 0. The summed E-state index contributed by atoms with van der Waals surface area (Å²) in [6.45, 7) is 0. The molecular formula is C8H3ClF7N. The summed E-state index contributed by atoms with van der Waals surface area (Å²) >= 11 is 4.83. The zero-order chi connectivity index (χ0) is 13.5. The molecule has 0 bridgehead atoms. The minimum atomic E-state index is -5.26. The van der Waals surface area contributed by atoms with Crippen LogP contribution in [0.4, 0.5) is 30.7 Å². The van der Waals surface area contributed by atoms with Crippen LogP contribution in [0.3, 0.4) is 0 Å². The number of nitrogens with two attached hydrogens (primary N) is 1. The highest BCUT2D eigenvalue weighted by Gasteiger charge is 2.43. The fourth-order valence-electron chi connectivity index (χ4n) is 1.06. The second-order valence-electron chi connectivity index (χ2n) is 3.00. The molecule has 0 aliphatic heterocycles. The Bertz CT molecular complexity index is 427. The molecule has 0 heterocycles. The van der Waals surface area contributed by atoms with E-state index in [1.807, 2.05) is 0 Å². The summed E-state index contributed by atoms with van der Waals surface area (Å²) < 4.78 is 88.1. The van der Waals surface area contributed by atoms with Crippen molar-refractivity contribution in [3.05, 3.63) is 33.9 Å². The Kier molecular flexibility index (Phi) is 3.58. The second kappa shape index (κ2) is 4.34. The van der Waals surface area contributed by atoms with Gasteiger partial charge in [-0.3, -0.25) is 0 Å². The third kappa shape index (κ3) is 2.32. The minimum absolute atomic E-state index is 1.57. The third-order valence-corrected chi connectivity index (χ3v) is 2.24. The highest BCUT2D eigenvalue weighted by atomic mass is 35.5. The first kappa shape index (κ1) is 14.0. The van der Waals surface area contributed by atoms with Crippen molar-refractivity contribution in [2.45, 2.75) is 12.2 Å².